The van der Waals surface area contributed by atoms with Crippen LogP contribution in [0.25, 0.3) is 0 Å². The number of carboxylic acids is 1. The number of pyridine rings is 2. The van der Waals surface area contributed by atoms with Crippen molar-refractivity contribution in [3.63, 3.8) is 0 Å². The molecule has 3 aromatic heterocycles. The van der Waals surface area contributed by atoms with Crippen LogP contribution in [0.3, 0.4) is 0 Å². The quantitative estimate of drug-likeness (QED) is 0.420. The molecule has 0 radical (unpaired) electrons. The molecule has 0 aromatic carbocycles. The smallest absolute Gasteiger partial charge is 0.357 e. The Labute approximate surface area is 192 Å². The molecule has 4 rings (SSSR count). The number of anilines is 3. The number of hydrogen-bond acceptors (Lipinski definition) is 9. The molecule has 1 saturated heterocycles. The van der Waals surface area contributed by atoms with E-state index < -0.39 is 17.5 Å². The number of carboxylic acid groups (broad SMARTS) is 1. The lowest BCUT2D eigenvalue weighted by Crippen LogP contribution is -2.29. The Bertz CT molecular complexity index is 1150. The first kappa shape index (κ1) is 22.0. The maximum absolute atomic E-state index is 14.3. The minimum Gasteiger partial charge on any atom is -0.476 e. The van der Waals surface area contributed by atoms with Crippen LogP contribution >= 0.6 is 23.1 Å². The van der Waals surface area contributed by atoms with Gasteiger partial charge in [-0.15, -0.1) is 0 Å². The van der Waals surface area contributed by atoms with Crippen molar-refractivity contribution < 1.29 is 14.3 Å². The van der Waals surface area contributed by atoms with Gasteiger partial charge in [-0.2, -0.15) is 0 Å². The van der Waals surface area contributed by atoms with Crippen molar-refractivity contribution >= 4 is 52.4 Å². The van der Waals surface area contributed by atoms with E-state index in [-0.39, 0.29) is 11.6 Å². The highest BCUT2D eigenvalue weighted by Gasteiger charge is 2.24. The van der Waals surface area contributed by atoms with Crippen molar-refractivity contribution in [1.82, 2.24) is 15.0 Å². The van der Waals surface area contributed by atoms with Gasteiger partial charge in [0, 0.05) is 18.2 Å². The second-order valence-corrected chi connectivity index (χ2v) is 9.62. The van der Waals surface area contributed by atoms with Gasteiger partial charge in [0.25, 0.3) is 6.71 Å². The molecule has 3 N–H and O–H groups in total. The van der Waals surface area contributed by atoms with Crippen LogP contribution in [0, 0.1) is 17.0 Å². The fraction of sp³-hybridized carbons (Fsp3) is 0.250. The summed E-state index contributed by atoms with van der Waals surface area (Å²) >= 11 is 2.39. The topological polar surface area (TPSA) is 124 Å². The Morgan fingerprint density at radius 2 is 2.06 bits per heavy atom. The third-order valence-corrected chi connectivity index (χ3v) is 7.08. The van der Waals surface area contributed by atoms with Gasteiger partial charge in [-0.1, -0.05) is 35.7 Å². The van der Waals surface area contributed by atoms with Crippen LogP contribution in [-0.2, 0) is 0 Å². The summed E-state index contributed by atoms with van der Waals surface area (Å²) in [5.74, 6) is 0.698. The third-order valence-electron chi connectivity index (χ3n) is 5.03. The van der Waals surface area contributed by atoms with E-state index in [2.05, 4.69) is 31.6 Å². The molecule has 0 amide bonds. The Hall–Kier alpha value is -3.17. The van der Waals surface area contributed by atoms with Crippen LogP contribution in [0.1, 0.15) is 23.3 Å². The van der Waals surface area contributed by atoms with E-state index in [1.165, 1.54) is 23.6 Å². The number of aromatic nitrogens is 3. The summed E-state index contributed by atoms with van der Waals surface area (Å²) in [5.41, 5.74) is 0.322. The number of nitrogens with zero attached hydrogens (tertiary/aromatic N) is 4. The van der Waals surface area contributed by atoms with Crippen LogP contribution in [-0.4, -0.2) is 38.8 Å². The molecule has 1 aliphatic rings. The predicted octanol–water partition coefficient (Wildman–Crippen LogP) is 4.80. The van der Waals surface area contributed by atoms with E-state index in [0.717, 1.165) is 42.9 Å². The van der Waals surface area contributed by atoms with E-state index >= 15 is 0 Å². The summed E-state index contributed by atoms with van der Waals surface area (Å²) in [6.45, 7) is 0.174. The van der Waals surface area contributed by atoms with Crippen molar-refractivity contribution in [3.05, 3.63) is 48.3 Å². The molecule has 12 heteroatoms. The van der Waals surface area contributed by atoms with Crippen molar-refractivity contribution in [1.29, 1.82) is 5.26 Å². The van der Waals surface area contributed by atoms with E-state index in [1.54, 1.807) is 12.4 Å². The number of hydrogen-bond donors (Lipinski definition) is 3. The molecule has 0 saturated carbocycles. The first-order valence-electron chi connectivity index (χ1n) is 9.92. The lowest BCUT2D eigenvalue weighted by atomic mass is 9.42. The Morgan fingerprint density at radius 3 is 2.75 bits per heavy atom. The molecule has 1 aliphatic heterocycles. The van der Waals surface area contributed by atoms with E-state index in [4.69, 9.17) is 10.4 Å². The number of carbonyl (C=O) groups is 1. The highest BCUT2D eigenvalue weighted by Crippen LogP contribution is 2.36. The van der Waals surface area contributed by atoms with Gasteiger partial charge in [0.15, 0.2) is 16.6 Å². The normalized spacial score (nSPS) is 14.1. The largest absolute Gasteiger partial charge is 0.476 e. The first-order valence-corrected chi connectivity index (χ1v) is 11.6. The highest BCUT2D eigenvalue weighted by molar-refractivity contribution is 8.01. The van der Waals surface area contributed by atoms with Gasteiger partial charge in [-0.05, 0) is 31.0 Å². The summed E-state index contributed by atoms with van der Waals surface area (Å²) in [6, 6.07) is 5.57. The van der Waals surface area contributed by atoms with Crippen LogP contribution in [0.2, 0.25) is 12.6 Å². The summed E-state index contributed by atoms with van der Waals surface area (Å²) in [7, 11) is 0. The number of aromatic carboxylic acids is 1. The Balaban J connectivity index is 1.34. The van der Waals surface area contributed by atoms with Crippen LogP contribution in [0.5, 0.6) is 0 Å². The zero-order chi connectivity index (χ0) is 22.5. The number of halogens is 1. The van der Waals surface area contributed by atoms with Crippen LogP contribution < -0.4 is 10.6 Å². The SMILES string of the molecule is N#CB1CCC(Nc2ccc(Nc3ncc(Sc4ccnc(C(=O)O)c4F)s3)nc2)CC1. The minimum atomic E-state index is -1.41. The van der Waals surface area contributed by atoms with Crippen molar-refractivity contribution in [2.75, 3.05) is 10.6 Å². The minimum absolute atomic E-state index is 0.171. The maximum atomic E-state index is 14.3. The van der Waals surface area contributed by atoms with Gasteiger partial charge in [0.2, 0.25) is 0 Å². The lowest BCUT2D eigenvalue weighted by molar-refractivity contribution is 0.0684. The molecular weight excluding hydrogens is 450 g/mol. The summed E-state index contributed by atoms with van der Waals surface area (Å²) in [4.78, 5) is 23.5. The molecule has 32 heavy (non-hydrogen) atoms. The molecule has 0 unspecified atom stereocenters. The van der Waals surface area contributed by atoms with E-state index in [0.29, 0.717) is 21.2 Å². The van der Waals surface area contributed by atoms with Crippen LogP contribution in [0.15, 0.2) is 45.9 Å². The highest BCUT2D eigenvalue weighted by atomic mass is 32.2. The molecule has 0 bridgehead atoms. The number of nitrogens with one attached hydrogen (secondary N) is 2. The van der Waals surface area contributed by atoms with Crippen LogP contribution in [0.4, 0.5) is 21.0 Å². The molecule has 0 aliphatic carbocycles. The van der Waals surface area contributed by atoms with Crippen molar-refractivity contribution in [2.24, 2.45) is 0 Å². The van der Waals surface area contributed by atoms with Crippen molar-refractivity contribution in [2.45, 2.75) is 40.6 Å². The van der Waals surface area contributed by atoms with Gasteiger partial charge in [0.1, 0.15) is 5.82 Å². The number of thiazole rings is 1. The van der Waals surface area contributed by atoms with Gasteiger partial charge >= 0.3 is 5.97 Å². The summed E-state index contributed by atoms with van der Waals surface area (Å²) in [6.07, 6.45) is 8.41. The molecule has 0 atom stereocenters. The fourth-order valence-corrected chi connectivity index (χ4v) is 5.26. The first-order chi connectivity index (χ1) is 15.5. The monoisotopic (exact) mass is 468 g/mol. The number of rotatable bonds is 7. The Kier molecular flexibility index (Phi) is 6.87. The second-order valence-electron chi connectivity index (χ2n) is 7.24. The van der Waals surface area contributed by atoms with Gasteiger partial charge in [-0.3, -0.25) is 0 Å². The molecule has 4 heterocycles. The molecule has 1 fully saturated rings. The molecule has 8 nitrogen and oxygen atoms in total. The standard InChI is InChI=1S/C20H18BFN6O2S2/c22-17-14(5-8-24-18(17)19(29)30)31-16-10-26-20(32-16)28-15-2-1-13(9-25-15)27-12-3-6-21(11-23)7-4-12/h1-2,5,8-10,12,27H,3-4,6-7H2,(H,29,30)(H,25,26,28). The molecule has 3 aromatic rings. The molecule has 0 spiro atoms. The average molecular weight is 468 g/mol. The summed E-state index contributed by atoms with van der Waals surface area (Å²) in [5, 5.41) is 25.2. The van der Waals surface area contributed by atoms with E-state index in [9.17, 15) is 9.18 Å². The predicted molar refractivity (Wildman–Crippen MR) is 123 cm³/mol. The van der Waals surface area contributed by atoms with Crippen molar-refractivity contribution in [3.8, 4) is 5.97 Å². The second kappa shape index (κ2) is 9.97. The fourth-order valence-electron chi connectivity index (χ4n) is 3.39. The zero-order valence-corrected chi connectivity index (χ0v) is 18.4. The Morgan fingerprint density at radius 1 is 1.25 bits per heavy atom. The average Bonchev–Trinajstić information content (AvgIpc) is 3.23. The summed E-state index contributed by atoms with van der Waals surface area (Å²) < 4.78 is 15.0. The number of nitriles is 1. The molecular formula is C20H18BFN6O2S2. The third kappa shape index (κ3) is 5.35. The maximum Gasteiger partial charge on any atom is 0.357 e. The molecule has 162 valence electrons. The lowest BCUT2D eigenvalue weighted by Gasteiger charge is -2.25. The van der Waals surface area contributed by atoms with E-state index in [1.807, 2.05) is 12.1 Å². The zero-order valence-electron chi connectivity index (χ0n) is 16.8. The van der Waals surface area contributed by atoms with Gasteiger partial charge in [0.05, 0.1) is 27.2 Å². The van der Waals surface area contributed by atoms with Gasteiger partial charge < -0.3 is 15.7 Å². The van der Waals surface area contributed by atoms with Gasteiger partial charge in [-0.25, -0.2) is 29.4 Å².